The van der Waals surface area contributed by atoms with E-state index in [1.54, 1.807) is 76.3 Å². The molecular formula is C42H49Cl4N15O6. The minimum atomic E-state index is 0.0847. The molecule has 0 bridgehead atoms. The molecule has 0 saturated carbocycles. The molecule has 6 aromatic rings. The van der Waals surface area contributed by atoms with Gasteiger partial charge in [0.2, 0.25) is 34.2 Å². The van der Waals surface area contributed by atoms with Gasteiger partial charge in [-0.3, -0.25) is 0 Å². The molecule has 9 heterocycles. The third kappa shape index (κ3) is 17.4. The summed E-state index contributed by atoms with van der Waals surface area (Å²) < 4.78 is 30.7. The number of methoxy groups -OCH3 is 3. The molecular weight excluding hydrogens is 952 g/mol. The fraction of sp³-hybridized carbons (Fsp3) is 0.357. The zero-order valence-corrected chi connectivity index (χ0v) is 39.8. The van der Waals surface area contributed by atoms with E-state index >= 15 is 0 Å². The van der Waals surface area contributed by atoms with Crippen molar-refractivity contribution in [3.05, 3.63) is 94.1 Å². The maximum absolute atomic E-state index is 6.10. The zero-order valence-electron chi connectivity index (χ0n) is 36.8. The average molecular weight is 1000 g/mol. The van der Waals surface area contributed by atoms with Gasteiger partial charge in [-0.1, -0.05) is 23.2 Å². The number of hydrogen-bond donors (Lipinski definition) is 4. The van der Waals surface area contributed by atoms with E-state index in [9.17, 15) is 0 Å². The number of halogens is 4. The lowest BCUT2D eigenvalue weighted by Gasteiger charge is -2.28. The first-order valence-electron chi connectivity index (χ1n) is 20.7. The molecule has 3 aliphatic heterocycles. The highest BCUT2D eigenvalue weighted by molar-refractivity contribution is 6.32. The average Bonchev–Trinajstić information content (AvgIpc) is 3.36. The molecule has 0 unspecified atom stereocenters. The molecule has 6 aromatic heterocycles. The molecule has 3 aliphatic rings. The second-order valence-corrected chi connectivity index (χ2v) is 15.3. The van der Waals surface area contributed by atoms with Crippen LogP contribution in [-0.4, -0.2) is 145 Å². The van der Waals surface area contributed by atoms with Crippen LogP contribution in [0, 0.1) is 0 Å². The quantitative estimate of drug-likeness (QED) is 0.0776. The van der Waals surface area contributed by atoms with Gasteiger partial charge in [0.25, 0.3) is 0 Å². The Morgan fingerprint density at radius 1 is 0.493 bits per heavy atom. The molecule has 4 N–H and O–H groups in total. The van der Waals surface area contributed by atoms with E-state index in [1.165, 1.54) is 0 Å². The second-order valence-electron chi connectivity index (χ2n) is 13.8. The van der Waals surface area contributed by atoms with Crippen molar-refractivity contribution in [2.75, 3.05) is 126 Å². The van der Waals surface area contributed by atoms with Gasteiger partial charge < -0.3 is 59.5 Å². The number of morpholine rings is 3. The Morgan fingerprint density at radius 3 is 1.31 bits per heavy atom. The topological polar surface area (TPSA) is 226 Å². The maximum Gasteiger partial charge on any atom is 0.228 e. The molecule has 0 atom stereocenters. The molecule has 3 saturated heterocycles. The largest absolute Gasteiger partial charge is 0.481 e. The number of anilines is 8. The van der Waals surface area contributed by atoms with Crippen molar-refractivity contribution in [2.45, 2.75) is 0 Å². The van der Waals surface area contributed by atoms with E-state index in [0.717, 1.165) is 75.4 Å². The van der Waals surface area contributed by atoms with Gasteiger partial charge in [-0.05, 0) is 41.4 Å². The summed E-state index contributed by atoms with van der Waals surface area (Å²) in [4.78, 5) is 41.5. The van der Waals surface area contributed by atoms with E-state index in [1.807, 2.05) is 23.1 Å². The molecule has 0 amide bonds. The van der Waals surface area contributed by atoms with Gasteiger partial charge in [-0.15, -0.1) is 0 Å². The SMILES string of the molecule is C1COCCN1.COc1ccc(Nc2cc(Cl)nc(Cl)n2)cn1.COc1ccc(Nc2cc(Cl)nc(N3CCOCC3)n2)cn1.COc1ccc(Nc2cc(N3CCOCC3)nc(Cl)n2)cn1. The first-order valence-corrected chi connectivity index (χ1v) is 22.2. The van der Waals surface area contributed by atoms with Gasteiger partial charge >= 0.3 is 0 Å². The van der Waals surface area contributed by atoms with Crippen LogP contribution in [0.3, 0.4) is 0 Å². The van der Waals surface area contributed by atoms with Gasteiger partial charge in [0.05, 0.1) is 96.6 Å². The number of aromatic nitrogens is 9. The van der Waals surface area contributed by atoms with Crippen LogP contribution in [0.4, 0.5) is 46.3 Å². The summed E-state index contributed by atoms with van der Waals surface area (Å²) in [5.41, 5.74) is 2.34. The van der Waals surface area contributed by atoms with Crippen LogP contribution in [0.2, 0.25) is 20.9 Å². The molecule has 3 fully saturated rings. The van der Waals surface area contributed by atoms with Crippen LogP contribution < -0.4 is 45.3 Å². The van der Waals surface area contributed by atoms with Gasteiger partial charge in [0.15, 0.2) is 0 Å². The maximum atomic E-state index is 6.10. The highest BCUT2D eigenvalue weighted by Gasteiger charge is 2.17. The highest BCUT2D eigenvalue weighted by Crippen LogP contribution is 2.25. The molecule has 0 radical (unpaired) electrons. The van der Waals surface area contributed by atoms with Crippen LogP contribution in [0.15, 0.2) is 73.2 Å². The Bertz CT molecular complexity index is 2260. The summed E-state index contributed by atoms with van der Waals surface area (Å²) in [5, 5.41) is 13.4. The summed E-state index contributed by atoms with van der Waals surface area (Å²) in [5.74, 6) is 4.77. The summed E-state index contributed by atoms with van der Waals surface area (Å²) in [7, 11) is 4.71. The summed E-state index contributed by atoms with van der Waals surface area (Å²) >= 11 is 23.6. The fourth-order valence-electron chi connectivity index (χ4n) is 5.94. The van der Waals surface area contributed by atoms with Crippen molar-refractivity contribution in [2.24, 2.45) is 0 Å². The molecule has 25 heteroatoms. The number of nitrogens with one attached hydrogen (secondary N) is 4. The van der Waals surface area contributed by atoms with Crippen molar-refractivity contribution < 1.29 is 28.4 Å². The van der Waals surface area contributed by atoms with Gasteiger partial charge in [-0.25, -0.2) is 39.9 Å². The summed E-state index contributed by atoms with van der Waals surface area (Å²) in [6, 6.07) is 15.9. The van der Waals surface area contributed by atoms with Crippen LogP contribution >= 0.6 is 46.4 Å². The number of pyridine rings is 3. The van der Waals surface area contributed by atoms with E-state index in [2.05, 4.69) is 71.0 Å². The first kappa shape index (κ1) is 50.5. The minimum absolute atomic E-state index is 0.0847. The molecule has 67 heavy (non-hydrogen) atoms. The fourth-order valence-corrected chi connectivity index (χ4v) is 6.70. The Kier molecular flexibility index (Phi) is 20.4. The lowest BCUT2D eigenvalue weighted by molar-refractivity contribution is 0.109. The van der Waals surface area contributed by atoms with Crippen LogP contribution in [0.25, 0.3) is 0 Å². The third-order valence-corrected chi connectivity index (χ3v) is 9.89. The molecule has 0 aromatic carbocycles. The predicted molar refractivity (Wildman–Crippen MR) is 258 cm³/mol. The van der Waals surface area contributed by atoms with Crippen molar-refractivity contribution in [3.63, 3.8) is 0 Å². The van der Waals surface area contributed by atoms with Crippen LogP contribution in [-0.2, 0) is 14.2 Å². The highest BCUT2D eigenvalue weighted by atomic mass is 35.5. The van der Waals surface area contributed by atoms with E-state index in [-0.39, 0.29) is 15.7 Å². The Morgan fingerprint density at radius 2 is 0.910 bits per heavy atom. The normalized spacial score (nSPS) is 14.4. The van der Waals surface area contributed by atoms with Crippen molar-refractivity contribution in [1.82, 2.24) is 50.2 Å². The second kappa shape index (κ2) is 27.0. The molecule has 9 rings (SSSR count). The minimum Gasteiger partial charge on any atom is -0.481 e. The molecule has 356 valence electrons. The number of nitrogens with zero attached hydrogens (tertiary/aromatic N) is 11. The predicted octanol–water partition coefficient (Wildman–Crippen LogP) is 6.76. The number of hydrogen-bond acceptors (Lipinski definition) is 21. The first-order chi connectivity index (χ1) is 32.7. The Labute approximate surface area is 407 Å². The van der Waals surface area contributed by atoms with E-state index < -0.39 is 0 Å². The third-order valence-electron chi connectivity index (χ3n) is 9.17. The van der Waals surface area contributed by atoms with Gasteiger partial charge in [-0.2, -0.15) is 4.98 Å². The smallest absolute Gasteiger partial charge is 0.228 e. The summed E-state index contributed by atoms with van der Waals surface area (Å²) in [6.45, 7) is 9.63. The van der Waals surface area contributed by atoms with Crippen LogP contribution in [0.1, 0.15) is 0 Å². The van der Waals surface area contributed by atoms with Crippen molar-refractivity contribution in [1.29, 1.82) is 0 Å². The van der Waals surface area contributed by atoms with Crippen molar-refractivity contribution in [3.8, 4) is 17.6 Å². The molecule has 0 aliphatic carbocycles. The van der Waals surface area contributed by atoms with Gasteiger partial charge in [0, 0.05) is 75.7 Å². The Hall–Kier alpha value is -5.91. The Balaban J connectivity index is 0.000000157. The lowest BCUT2D eigenvalue weighted by Crippen LogP contribution is -2.37. The number of rotatable bonds is 11. The van der Waals surface area contributed by atoms with E-state index in [0.29, 0.717) is 72.6 Å². The summed E-state index contributed by atoms with van der Waals surface area (Å²) in [6.07, 6.45) is 4.95. The molecule has 21 nitrogen and oxygen atoms in total. The number of ether oxygens (including phenoxy) is 6. The van der Waals surface area contributed by atoms with E-state index in [4.69, 9.17) is 74.8 Å². The van der Waals surface area contributed by atoms with Gasteiger partial charge in [0.1, 0.15) is 33.6 Å². The standard InChI is InChI=1S/2C14H16ClN5O2.C10H8Cl2N4O.C4H9NO/c1-21-13-3-2-10(9-16-13)17-11-8-12(19-14(15)18-11)20-4-6-22-7-5-20;1-21-13-3-2-10(9-16-13)17-12-8-11(15)18-14(19-12)20-4-6-22-7-5-20;1-17-9-3-2-6(5-13-9)14-8-4-7(11)15-10(12)16-8;1-3-6-4-2-5-1/h2*2-3,8-9H,4-7H2,1H3,(H,17,18,19);2-5H,1H3,(H,14,15,16);5H,1-4H2. The van der Waals surface area contributed by atoms with Crippen LogP contribution in [0.5, 0.6) is 17.6 Å². The monoisotopic (exact) mass is 999 g/mol. The zero-order chi connectivity index (χ0) is 47.2. The lowest BCUT2D eigenvalue weighted by atomic mass is 10.3. The van der Waals surface area contributed by atoms with Crippen molar-refractivity contribution >= 4 is 92.7 Å². The molecule has 0 spiro atoms.